The summed E-state index contributed by atoms with van der Waals surface area (Å²) in [4.78, 5) is 0. The van der Waals surface area contributed by atoms with Crippen LogP contribution in [0, 0.1) is 17.3 Å². The van der Waals surface area contributed by atoms with Crippen LogP contribution >= 0.6 is 0 Å². The maximum Gasteiger partial charge on any atom is -0.0144 e. The molecule has 0 aliphatic rings. The van der Waals surface area contributed by atoms with Gasteiger partial charge in [-0.2, -0.15) is 0 Å². The lowest BCUT2D eigenvalue weighted by molar-refractivity contribution is 0.214. The van der Waals surface area contributed by atoms with Gasteiger partial charge in [0.1, 0.15) is 0 Å². The highest BCUT2D eigenvalue weighted by Crippen LogP contribution is 2.36. The van der Waals surface area contributed by atoms with Gasteiger partial charge >= 0.3 is 0 Å². The quantitative estimate of drug-likeness (QED) is 0.541. The van der Waals surface area contributed by atoms with E-state index in [9.17, 15) is 0 Å². The van der Waals surface area contributed by atoms with Gasteiger partial charge in [0.15, 0.2) is 0 Å². The molecular formula is C12H22. The fraction of sp³-hybridized carbons (Fsp3) is 0.667. The van der Waals surface area contributed by atoms with Crippen molar-refractivity contribution in [1.29, 1.82) is 0 Å². The molecule has 0 aromatic carbocycles. The Labute approximate surface area is 77.4 Å². The van der Waals surface area contributed by atoms with Gasteiger partial charge in [0, 0.05) is 0 Å². The summed E-state index contributed by atoms with van der Waals surface area (Å²) in [6, 6.07) is 0. The van der Waals surface area contributed by atoms with Gasteiger partial charge in [-0.1, -0.05) is 39.8 Å². The number of allylic oxidation sites excluding steroid dienone is 2. The van der Waals surface area contributed by atoms with Gasteiger partial charge in [-0.15, -0.1) is 13.2 Å². The van der Waals surface area contributed by atoms with Crippen molar-refractivity contribution in [1.82, 2.24) is 0 Å². The SMILES string of the molecule is C=CCC(C(C)C)C(C)(C)C=C. The third-order valence-electron chi connectivity index (χ3n) is 2.71. The van der Waals surface area contributed by atoms with E-state index in [1.165, 1.54) is 0 Å². The van der Waals surface area contributed by atoms with Gasteiger partial charge in [-0.25, -0.2) is 0 Å². The summed E-state index contributed by atoms with van der Waals surface area (Å²) in [6.45, 7) is 16.7. The van der Waals surface area contributed by atoms with E-state index in [-0.39, 0.29) is 5.41 Å². The molecule has 0 heteroatoms. The van der Waals surface area contributed by atoms with Crippen molar-refractivity contribution in [3.8, 4) is 0 Å². The normalized spacial score (nSPS) is 14.4. The first-order chi connectivity index (χ1) is 5.45. The summed E-state index contributed by atoms with van der Waals surface area (Å²) in [5, 5.41) is 0. The Bertz CT molecular complexity index is 151. The molecule has 0 bridgehead atoms. The maximum absolute atomic E-state index is 3.88. The van der Waals surface area contributed by atoms with E-state index in [1.807, 2.05) is 6.08 Å². The first-order valence-corrected chi connectivity index (χ1v) is 4.70. The number of hydrogen-bond donors (Lipinski definition) is 0. The topological polar surface area (TPSA) is 0 Å². The van der Waals surface area contributed by atoms with Crippen molar-refractivity contribution in [2.24, 2.45) is 17.3 Å². The standard InChI is InChI=1S/C12H22/c1-7-9-11(10(3)4)12(5,6)8-2/h7-8,10-11H,1-2,9H2,3-6H3. The number of rotatable bonds is 5. The van der Waals surface area contributed by atoms with E-state index in [1.54, 1.807) is 0 Å². The monoisotopic (exact) mass is 166 g/mol. The van der Waals surface area contributed by atoms with E-state index in [2.05, 4.69) is 46.9 Å². The zero-order valence-electron chi connectivity index (χ0n) is 8.93. The van der Waals surface area contributed by atoms with Crippen molar-refractivity contribution in [2.75, 3.05) is 0 Å². The minimum atomic E-state index is 0.225. The molecule has 12 heavy (non-hydrogen) atoms. The maximum atomic E-state index is 3.88. The van der Waals surface area contributed by atoms with E-state index < -0.39 is 0 Å². The summed E-state index contributed by atoms with van der Waals surface area (Å²) in [5.74, 6) is 1.35. The van der Waals surface area contributed by atoms with Crippen molar-refractivity contribution >= 4 is 0 Å². The van der Waals surface area contributed by atoms with Gasteiger partial charge in [-0.05, 0) is 23.7 Å². The van der Waals surface area contributed by atoms with Crippen LogP contribution in [-0.2, 0) is 0 Å². The van der Waals surface area contributed by atoms with E-state index in [4.69, 9.17) is 0 Å². The second-order valence-corrected chi connectivity index (χ2v) is 4.40. The van der Waals surface area contributed by atoms with Gasteiger partial charge < -0.3 is 0 Å². The molecule has 1 atom stereocenters. The summed E-state index contributed by atoms with van der Waals surface area (Å²) in [7, 11) is 0. The summed E-state index contributed by atoms with van der Waals surface area (Å²) >= 11 is 0. The predicted molar refractivity (Wildman–Crippen MR) is 57.1 cm³/mol. The molecule has 0 amide bonds. The average molecular weight is 166 g/mol. The minimum absolute atomic E-state index is 0.225. The molecule has 0 radical (unpaired) electrons. The Morgan fingerprint density at radius 1 is 1.25 bits per heavy atom. The Kier molecular flexibility index (Phi) is 4.30. The lowest BCUT2D eigenvalue weighted by atomic mass is 9.71. The highest BCUT2D eigenvalue weighted by molar-refractivity contribution is 4.96. The van der Waals surface area contributed by atoms with Crippen LogP contribution in [-0.4, -0.2) is 0 Å². The molecule has 0 fully saturated rings. The van der Waals surface area contributed by atoms with Gasteiger partial charge in [0.25, 0.3) is 0 Å². The molecule has 0 aliphatic heterocycles. The van der Waals surface area contributed by atoms with Crippen LogP contribution in [0.1, 0.15) is 34.1 Å². The molecule has 0 saturated carbocycles. The molecule has 1 unspecified atom stereocenters. The largest absolute Gasteiger partial charge is 0.103 e. The summed E-state index contributed by atoms with van der Waals surface area (Å²) in [5.41, 5.74) is 0.225. The predicted octanol–water partition coefficient (Wildman–Crippen LogP) is 4.05. The van der Waals surface area contributed by atoms with Crippen LogP contribution < -0.4 is 0 Å². The van der Waals surface area contributed by atoms with Gasteiger partial charge in [0.05, 0.1) is 0 Å². The average Bonchev–Trinajstić information content (AvgIpc) is 1.99. The highest BCUT2D eigenvalue weighted by Gasteiger charge is 2.27. The van der Waals surface area contributed by atoms with Gasteiger partial charge in [0.2, 0.25) is 0 Å². The fourth-order valence-corrected chi connectivity index (χ4v) is 1.77. The number of hydrogen-bond acceptors (Lipinski definition) is 0. The van der Waals surface area contributed by atoms with Crippen LogP contribution in [0.25, 0.3) is 0 Å². The Balaban J connectivity index is 4.48. The molecule has 0 rings (SSSR count). The first-order valence-electron chi connectivity index (χ1n) is 4.70. The zero-order valence-corrected chi connectivity index (χ0v) is 8.93. The Hall–Kier alpha value is -0.520. The minimum Gasteiger partial charge on any atom is -0.103 e. The summed E-state index contributed by atoms with van der Waals surface area (Å²) < 4.78 is 0. The van der Waals surface area contributed by atoms with Crippen molar-refractivity contribution < 1.29 is 0 Å². The fourth-order valence-electron chi connectivity index (χ4n) is 1.77. The van der Waals surface area contributed by atoms with Crippen molar-refractivity contribution in [2.45, 2.75) is 34.1 Å². The molecule has 0 aliphatic carbocycles. The third-order valence-corrected chi connectivity index (χ3v) is 2.71. The second-order valence-electron chi connectivity index (χ2n) is 4.40. The second kappa shape index (κ2) is 4.49. The zero-order chi connectivity index (χ0) is 9.78. The van der Waals surface area contributed by atoms with E-state index >= 15 is 0 Å². The molecule has 0 aromatic rings. The molecular weight excluding hydrogens is 144 g/mol. The Morgan fingerprint density at radius 2 is 1.75 bits per heavy atom. The molecule has 0 saturated heterocycles. The molecule has 0 N–H and O–H groups in total. The van der Waals surface area contributed by atoms with Crippen LogP contribution in [0.15, 0.2) is 25.3 Å². The van der Waals surface area contributed by atoms with Crippen LogP contribution in [0.5, 0.6) is 0 Å². The lowest BCUT2D eigenvalue weighted by Crippen LogP contribution is -2.25. The lowest BCUT2D eigenvalue weighted by Gasteiger charge is -2.34. The Morgan fingerprint density at radius 3 is 2.00 bits per heavy atom. The summed E-state index contributed by atoms with van der Waals surface area (Å²) in [6.07, 6.45) is 5.15. The molecule has 70 valence electrons. The van der Waals surface area contributed by atoms with Crippen molar-refractivity contribution in [3.63, 3.8) is 0 Å². The van der Waals surface area contributed by atoms with E-state index in [0.29, 0.717) is 11.8 Å². The molecule has 0 heterocycles. The smallest absolute Gasteiger partial charge is 0.0144 e. The van der Waals surface area contributed by atoms with Crippen LogP contribution in [0.2, 0.25) is 0 Å². The van der Waals surface area contributed by atoms with E-state index in [0.717, 1.165) is 6.42 Å². The molecule has 0 spiro atoms. The van der Waals surface area contributed by atoms with Crippen LogP contribution in [0.3, 0.4) is 0 Å². The van der Waals surface area contributed by atoms with Crippen LogP contribution in [0.4, 0.5) is 0 Å². The highest BCUT2D eigenvalue weighted by atomic mass is 14.3. The third kappa shape index (κ3) is 2.84. The first kappa shape index (κ1) is 11.5. The molecule has 0 nitrogen and oxygen atoms in total. The van der Waals surface area contributed by atoms with Crippen molar-refractivity contribution in [3.05, 3.63) is 25.3 Å². The molecule has 0 aromatic heterocycles. The van der Waals surface area contributed by atoms with Gasteiger partial charge in [-0.3, -0.25) is 0 Å².